The number of allylic oxidation sites excluding steroid dienone is 4. The molecule has 0 bridgehead atoms. The Morgan fingerprint density at radius 1 is 1.50 bits per heavy atom. The Hall–Kier alpha value is -0.230. The van der Waals surface area contributed by atoms with Crippen LogP contribution in [0.3, 0.4) is 0 Å². The fourth-order valence-corrected chi connectivity index (χ4v) is 2.48. The lowest BCUT2D eigenvalue weighted by molar-refractivity contribution is 0.0998. The van der Waals surface area contributed by atoms with Gasteiger partial charge in [0, 0.05) is 5.03 Å². The van der Waals surface area contributed by atoms with Crippen molar-refractivity contribution in [3.63, 3.8) is 0 Å². The van der Waals surface area contributed by atoms with Crippen molar-refractivity contribution in [1.82, 2.24) is 0 Å². The van der Waals surface area contributed by atoms with Gasteiger partial charge in [0.2, 0.25) is 0 Å². The largest absolute Gasteiger partial charge is 0.0847 e. The van der Waals surface area contributed by atoms with Crippen molar-refractivity contribution < 1.29 is 0 Å². The fraction of sp³-hybridized carbons (Fsp3) is 0.636. The highest BCUT2D eigenvalue weighted by Gasteiger charge is 2.38. The molecule has 0 radical (unpaired) electrons. The molecule has 0 aromatic heterocycles. The van der Waals surface area contributed by atoms with Gasteiger partial charge in [0.15, 0.2) is 0 Å². The summed E-state index contributed by atoms with van der Waals surface area (Å²) in [5.41, 5.74) is 0.560. The Morgan fingerprint density at radius 3 is 2.75 bits per heavy atom. The summed E-state index contributed by atoms with van der Waals surface area (Å²) >= 11 is 5.97. The summed E-state index contributed by atoms with van der Waals surface area (Å²) in [7, 11) is 0. The van der Waals surface area contributed by atoms with E-state index in [1.165, 1.54) is 25.7 Å². The molecule has 1 atom stereocenters. The average molecular weight is 183 g/mol. The highest BCUT2D eigenvalue weighted by Crippen LogP contribution is 2.49. The standard InChI is InChI=1S/C11H15Cl/c1-11(6-3-7-11)9-4-2-5-10(12)8-9/h2,5,8-9H,3-4,6-7H2,1H3. The monoisotopic (exact) mass is 182 g/mol. The molecule has 0 heterocycles. The molecule has 1 heteroatoms. The lowest BCUT2D eigenvalue weighted by Crippen LogP contribution is -2.33. The van der Waals surface area contributed by atoms with Gasteiger partial charge >= 0.3 is 0 Å². The van der Waals surface area contributed by atoms with Crippen molar-refractivity contribution in [3.05, 3.63) is 23.3 Å². The minimum absolute atomic E-state index is 0.560. The third kappa shape index (κ3) is 1.33. The Bertz CT molecular complexity index is 233. The summed E-state index contributed by atoms with van der Waals surface area (Å²) in [6.45, 7) is 2.39. The van der Waals surface area contributed by atoms with Crippen LogP contribution in [-0.2, 0) is 0 Å². The molecule has 0 N–H and O–H groups in total. The van der Waals surface area contributed by atoms with Crippen LogP contribution in [0.4, 0.5) is 0 Å². The first-order valence-corrected chi connectivity index (χ1v) is 5.12. The van der Waals surface area contributed by atoms with Gasteiger partial charge in [-0.15, -0.1) is 0 Å². The second-order valence-electron chi connectivity index (χ2n) is 4.30. The van der Waals surface area contributed by atoms with E-state index in [-0.39, 0.29) is 0 Å². The summed E-state index contributed by atoms with van der Waals surface area (Å²) in [5, 5.41) is 0.930. The lowest BCUT2D eigenvalue weighted by atomic mass is 9.61. The van der Waals surface area contributed by atoms with E-state index in [0.29, 0.717) is 11.3 Å². The molecule has 1 unspecified atom stereocenters. The van der Waals surface area contributed by atoms with Crippen LogP contribution in [0.15, 0.2) is 23.3 Å². The van der Waals surface area contributed by atoms with E-state index >= 15 is 0 Å². The molecular weight excluding hydrogens is 168 g/mol. The number of rotatable bonds is 1. The molecule has 66 valence electrons. The van der Waals surface area contributed by atoms with Gasteiger partial charge in [-0.05, 0) is 36.7 Å². The molecule has 0 saturated heterocycles. The van der Waals surface area contributed by atoms with Crippen LogP contribution in [0.1, 0.15) is 32.6 Å². The van der Waals surface area contributed by atoms with Crippen LogP contribution in [0.5, 0.6) is 0 Å². The fourth-order valence-electron chi connectivity index (χ4n) is 2.23. The quantitative estimate of drug-likeness (QED) is 0.578. The number of halogens is 1. The first-order chi connectivity index (χ1) is 5.71. The zero-order chi connectivity index (χ0) is 8.60. The molecule has 2 aliphatic carbocycles. The molecule has 2 aliphatic rings. The second-order valence-corrected chi connectivity index (χ2v) is 4.74. The molecule has 0 spiro atoms. The SMILES string of the molecule is CC1(C2C=C(Cl)C=CC2)CCC1. The molecule has 0 aromatic carbocycles. The summed E-state index contributed by atoms with van der Waals surface area (Å²) in [4.78, 5) is 0. The first-order valence-electron chi connectivity index (χ1n) is 4.75. The van der Waals surface area contributed by atoms with Crippen molar-refractivity contribution in [2.75, 3.05) is 0 Å². The van der Waals surface area contributed by atoms with Gasteiger partial charge in [-0.2, -0.15) is 0 Å². The zero-order valence-corrected chi connectivity index (χ0v) is 8.27. The number of hydrogen-bond acceptors (Lipinski definition) is 0. The van der Waals surface area contributed by atoms with Gasteiger partial charge in [-0.3, -0.25) is 0 Å². The molecule has 0 aliphatic heterocycles. The molecule has 0 nitrogen and oxygen atoms in total. The van der Waals surface area contributed by atoms with E-state index in [2.05, 4.69) is 19.1 Å². The van der Waals surface area contributed by atoms with Crippen LogP contribution in [-0.4, -0.2) is 0 Å². The van der Waals surface area contributed by atoms with Gasteiger partial charge in [0.25, 0.3) is 0 Å². The Morgan fingerprint density at radius 2 is 2.25 bits per heavy atom. The van der Waals surface area contributed by atoms with Gasteiger partial charge in [-0.25, -0.2) is 0 Å². The third-order valence-electron chi connectivity index (χ3n) is 3.42. The van der Waals surface area contributed by atoms with Gasteiger partial charge in [0.1, 0.15) is 0 Å². The predicted octanol–water partition coefficient (Wildman–Crippen LogP) is 3.88. The second kappa shape index (κ2) is 2.92. The van der Waals surface area contributed by atoms with Crippen LogP contribution in [0.2, 0.25) is 0 Å². The Balaban J connectivity index is 2.10. The molecule has 1 fully saturated rings. The highest BCUT2D eigenvalue weighted by molar-refractivity contribution is 6.31. The molecule has 0 aromatic rings. The normalized spacial score (nSPS) is 32.5. The van der Waals surface area contributed by atoms with Crippen molar-refractivity contribution in [1.29, 1.82) is 0 Å². The third-order valence-corrected chi connectivity index (χ3v) is 3.67. The van der Waals surface area contributed by atoms with E-state index in [1.807, 2.05) is 6.08 Å². The van der Waals surface area contributed by atoms with Crippen LogP contribution >= 0.6 is 11.6 Å². The van der Waals surface area contributed by atoms with Crippen molar-refractivity contribution in [2.24, 2.45) is 11.3 Å². The average Bonchev–Trinajstić information content (AvgIpc) is 2.00. The first kappa shape index (κ1) is 8.37. The minimum Gasteiger partial charge on any atom is -0.0847 e. The summed E-state index contributed by atoms with van der Waals surface area (Å²) in [5.74, 6) is 0.698. The molecule has 1 saturated carbocycles. The maximum Gasteiger partial charge on any atom is 0.0366 e. The highest BCUT2D eigenvalue weighted by atomic mass is 35.5. The van der Waals surface area contributed by atoms with E-state index in [4.69, 9.17) is 11.6 Å². The molecule has 12 heavy (non-hydrogen) atoms. The summed E-state index contributed by atoms with van der Waals surface area (Å²) in [6.07, 6.45) is 11.8. The van der Waals surface area contributed by atoms with Crippen LogP contribution in [0, 0.1) is 11.3 Å². The Labute approximate surface area is 79.3 Å². The minimum atomic E-state index is 0.560. The summed E-state index contributed by atoms with van der Waals surface area (Å²) in [6, 6.07) is 0. The van der Waals surface area contributed by atoms with E-state index in [1.54, 1.807) is 0 Å². The summed E-state index contributed by atoms with van der Waals surface area (Å²) < 4.78 is 0. The Kier molecular flexibility index (Phi) is 2.04. The van der Waals surface area contributed by atoms with E-state index in [0.717, 1.165) is 5.03 Å². The van der Waals surface area contributed by atoms with Crippen molar-refractivity contribution in [3.8, 4) is 0 Å². The zero-order valence-electron chi connectivity index (χ0n) is 7.52. The van der Waals surface area contributed by atoms with Gasteiger partial charge in [0.05, 0.1) is 0 Å². The smallest absolute Gasteiger partial charge is 0.0366 e. The molecule has 0 amide bonds. The van der Waals surface area contributed by atoms with Crippen molar-refractivity contribution >= 4 is 11.6 Å². The number of hydrogen-bond donors (Lipinski definition) is 0. The van der Waals surface area contributed by atoms with E-state index < -0.39 is 0 Å². The van der Waals surface area contributed by atoms with Gasteiger partial charge in [-0.1, -0.05) is 37.1 Å². The van der Waals surface area contributed by atoms with Crippen molar-refractivity contribution in [2.45, 2.75) is 32.6 Å². The van der Waals surface area contributed by atoms with Crippen LogP contribution < -0.4 is 0 Å². The van der Waals surface area contributed by atoms with E-state index in [9.17, 15) is 0 Å². The predicted molar refractivity (Wildman–Crippen MR) is 53.1 cm³/mol. The maximum absolute atomic E-state index is 5.97. The topological polar surface area (TPSA) is 0 Å². The lowest BCUT2D eigenvalue weighted by Gasteiger charge is -2.44. The molecular formula is C11H15Cl. The van der Waals surface area contributed by atoms with Crippen LogP contribution in [0.25, 0.3) is 0 Å². The molecule has 2 rings (SSSR count). The van der Waals surface area contributed by atoms with Gasteiger partial charge < -0.3 is 0 Å². The maximum atomic E-state index is 5.97.